The predicted molar refractivity (Wildman–Crippen MR) is 88.5 cm³/mol. The smallest absolute Gasteiger partial charge is 0.244 e. The summed E-state index contributed by atoms with van der Waals surface area (Å²) in [6.07, 6.45) is 7.12. The van der Waals surface area contributed by atoms with Crippen LogP contribution in [0.3, 0.4) is 0 Å². The number of likely N-dealkylation sites (N-methyl/N-ethyl adjacent to an activating group) is 1. The SMILES string of the molecule is CN(C)C(=O)C1CCCN1c1ncnc2sc3c(c12)CCC3. The second kappa shape index (κ2) is 5.19. The van der Waals surface area contributed by atoms with Gasteiger partial charge in [0, 0.05) is 25.5 Å². The van der Waals surface area contributed by atoms with E-state index in [0.717, 1.165) is 42.9 Å². The van der Waals surface area contributed by atoms with Gasteiger partial charge in [-0.15, -0.1) is 11.3 Å². The van der Waals surface area contributed by atoms with Crippen LogP contribution >= 0.6 is 11.3 Å². The van der Waals surface area contributed by atoms with Crippen LogP contribution in [0.15, 0.2) is 6.33 Å². The normalized spacial score (nSPS) is 20.6. The Bertz CT molecular complexity index is 739. The molecule has 1 fully saturated rings. The molecule has 1 amide bonds. The van der Waals surface area contributed by atoms with Gasteiger partial charge in [-0.1, -0.05) is 0 Å². The van der Waals surface area contributed by atoms with Crippen molar-refractivity contribution in [3.8, 4) is 0 Å². The fourth-order valence-electron chi connectivity index (χ4n) is 3.70. The third kappa shape index (κ3) is 2.00. The van der Waals surface area contributed by atoms with Gasteiger partial charge in [0.1, 0.15) is 23.0 Å². The second-order valence-corrected chi connectivity index (χ2v) is 7.40. The summed E-state index contributed by atoms with van der Waals surface area (Å²) < 4.78 is 0. The minimum atomic E-state index is -0.0787. The summed E-state index contributed by atoms with van der Waals surface area (Å²) in [5.74, 6) is 1.15. The van der Waals surface area contributed by atoms with Crippen LogP contribution in [0.1, 0.15) is 29.7 Å². The molecule has 2 aromatic heterocycles. The van der Waals surface area contributed by atoms with Gasteiger partial charge in [0.05, 0.1) is 5.39 Å². The third-order valence-corrected chi connectivity index (χ3v) is 5.93. The molecule has 0 aromatic carbocycles. The van der Waals surface area contributed by atoms with Crippen molar-refractivity contribution in [1.82, 2.24) is 14.9 Å². The van der Waals surface area contributed by atoms with Gasteiger partial charge in [-0.05, 0) is 37.7 Å². The topological polar surface area (TPSA) is 49.3 Å². The number of anilines is 1. The Balaban J connectivity index is 1.82. The lowest BCUT2D eigenvalue weighted by atomic mass is 10.1. The van der Waals surface area contributed by atoms with Gasteiger partial charge in [0.15, 0.2) is 0 Å². The number of nitrogens with zero attached hydrogens (tertiary/aromatic N) is 4. The quantitative estimate of drug-likeness (QED) is 0.852. The van der Waals surface area contributed by atoms with Crippen LogP contribution in [0.25, 0.3) is 10.2 Å². The van der Waals surface area contributed by atoms with E-state index in [2.05, 4.69) is 14.9 Å². The molecule has 1 aliphatic heterocycles. The molecular formula is C16H20N4OS. The first kappa shape index (κ1) is 13.9. The van der Waals surface area contributed by atoms with Crippen LogP contribution in [-0.2, 0) is 17.6 Å². The maximum absolute atomic E-state index is 12.5. The fraction of sp³-hybridized carbons (Fsp3) is 0.562. The molecule has 4 rings (SSSR count). The van der Waals surface area contributed by atoms with Crippen molar-refractivity contribution in [3.05, 3.63) is 16.8 Å². The number of carbonyl (C=O) groups excluding carboxylic acids is 1. The molecule has 0 spiro atoms. The number of thiophene rings is 1. The van der Waals surface area contributed by atoms with Crippen LogP contribution in [-0.4, -0.2) is 47.5 Å². The largest absolute Gasteiger partial charge is 0.347 e. The van der Waals surface area contributed by atoms with Gasteiger partial charge >= 0.3 is 0 Å². The molecule has 2 aromatic rings. The Morgan fingerprint density at radius 3 is 3.00 bits per heavy atom. The van der Waals surface area contributed by atoms with Crippen LogP contribution in [0.4, 0.5) is 5.82 Å². The number of aryl methyl sites for hydroxylation is 2. The van der Waals surface area contributed by atoms with Gasteiger partial charge in [-0.3, -0.25) is 4.79 Å². The summed E-state index contributed by atoms with van der Waals surface area (Å²) in [5, 5.41) is 1.21. The number of hydrogen-bond donors (Lipinski definition) is 0. The van der Waals surface area contributed by atoms with Crippen LogP contribution in [0.5, 0.6) is 0 Å². The Morgan fingerprint density at radius 1 is 1.32 bits per heavy atom. The summed E-state index contributed by atoms with van der Waals surface area (Å²) in [7, 11) is 3.66. The van der Waals surface area contributed by atoms with Crippen LogP contribution in [0.2, 0.25) is 0 Å². The highest BCUT2D eigenvalue weighted by Crippen LogP contribution is 2.41. The lowest BCUT2D eigenvalue weighted by Gasteiger charge is -2.27. The molecular weight excluding hydrogens is 296 g/mol. The molecule has 0 N–H and O–H groups in total. The van der Waals surface area contributed by atoms with Gasteiger partial charge in [-0.25, -0.2) is 9.97 Å². The molecule has 0 radical (unpaired) electrons. The first-order valence-electron chi connectivity index (χ1n) is 7.90. The zero-order valence-corrected chi connectivity index (χ0v) is 13.8. The predicted octanol–water partition coefficient (Wildman–Crippen LogP) is 2.24. The highest BCUT2D eigenvalue weighted by atomic mass is 32.1. The van der Waals surface area contributed by atoms with Gasteiger partial charge in [0.2, 0.25) is 5.91 Å². The summed E-state index contributed by atoms with van der Waals surface area (Å²) in [5.41, 5.74) is 1.43. The van der Waals surface area contributed by atoms with E-state index in [1.54, 1.807) is 22.6 Å². The van der Waals surface area contributed by atoms with Crippen molar-refractivity contribution in [2.24, 2.45) is 0 Å². The second-order valence-electron chi connectivity index (χ2n) is 6.32. The van der Waals surface area contributed by atoms with Crippen molar-refractivity contribution >= 4 is 33.3 Å². The molecule has 6 heteroatoms. The Labute approximate surface area is 134 Å². The molecule has 22 heavy (non-hydrogen) atoms. The summed E-state index contributed by atoms with van der Waals surface area (Å²) >= 11 is 1.80. The first-order valence-corrected chi connectivity index (χ1v) is 8.71. The van der Waals surface area contributed by atoms with E-state index in [-0.39, 0.29) is 11.9 Å². The zero-order valence-electron chi connectivity index (χ0n) is 13.0. The summed E-state index contributed by atoms with van der Waals surface area (Å²) in [6, 6.07) is -0.0787. The van der Waals surface area contributed by atoms with E-state index in [0.29, 0.717) is 0 Å². The van der Waals surface area contributed by atoms with E-state index >= 15 is 0 Å². The number of hydrogen-bond acceptors (Lipinski definition) is 5. The first-order chi connectivity index (χ1) is 10.7. The van der Waals surface area contributed by atoms with Crippen molar-refractivity contribution in [2.75, 3.05) is 25.5 Å². The number of rotatable bonds is 2. The van der Waals surface area contributed by atoms with Crippen LogP contribution in [0, 0.1) is 0 Å². The monoisotopic (exact) mass is 316 g/mol. The number of fused-ring (bicyclic) bond motifs is 3. The lowest BCUT2D eigenvalue weighted by molar-refractivity contribution is -0.129. The van der Waals surface area contributed by atoms with Crippen molar-refractivity contribution in [2.45, 2.75) is 38.1 Å². The van der Waals surface area contributed by atoms with Crippen molar-refractivity contribution < 1.29 is 4.79 Å². The number of aromatic nitrogens is 2. The van der Waals surface area contributed by atoms with Crippen molar-refractivity contribution in [1.29, 1.82) is 0 Å². The number of carbonyl (C=O) groups is 1. The van der Waals surface area contributed by atoms with E-state index < -0.39 is 0 Å². The third-order valence-electron chi connectivity index (χ3n) is 4.73. The highest BCUT2D eigenvalue weighted by Gasteiger charge is 2.34. The van der Waals surface area contributed by atoms with E-state index in [4.69, 9.17) is 0 Å². The molecule has 116 valence electrons. The van der Waals surface area contributed by atoms with Gasteiger partial charge in [-0.2, -0.15) is 0 Å². The van der Waals surface area contributed by atoms with Gasteiger partial charge < -0.3 is 9.80 Å². The molecule has 2 aliphatic rings. The fourth-order valence-corrected chi connectivity index (χ4v) is 4.93. The average molecular weight is 316 g/mol. The zero-order chi connectivity index (χ0) is 15.3. The minimum Gasteiger partial charge on any atom is -0.347 e. The lowest BCUT2D eigenvalue weighted by Crippen LogP contribution is -2.43. The number of amides is 1. The minimum absolute atomic E-state index is 0.0787. The Kier molecular flexibility index (Phi) is 3.29. The summed E-state index contributed by atoms with van der Waals surface area (Å²) in [4.78, 5) is 28.0. The van der Waals surface area contributed by atoms with Gasteiger partial charge in [0.25, 0.3) is 0 Å². The Morgan fingerprint density at radius 2 is 2.18 bits per heavy atom. The maximum Gasteiger partial charge on any atom is 0.244 e. The van der Waals surface area contributed by atoms with Crippen molar-refractivity contribution in [3.63, 3.8) is 0 Å². The van der Waals surface area contributed by atoms with E-state index in [1.165, 1.54) is 22.2 Å². The standard InChI is InChI=1S/C16H20N4OS/c1-19(2)16(21)11-6-4-8-20(11)14-13-10-5-3-7-12(10)22-15(13)18-9-17-14/h9,11H,3-8H2,1-2H3. The molecule has 1 atom stereocenters. The molecule has 0 saturated carbocycles. The molecule has 1 saturated heterocycles. The molecule has 5 nitrogen and oxygen atoms in total. The molecule has 0 bridgehead atoms. The Hall–Kier alpha value is -1.69. The average Bonchev–Trinajstić information content (AvgIpc) is 3.20. The molecule has 3 heterocycles. The maximum atomic E-state index is 12.5. The van der Waals surface area contributed by atoms with E-state index in [9.17, 15) is 4.79 Å². The highest BCUT2D eigenvalue weighted by molar-refractivity contribution is 7.19. The molecule has 1 aliphatic carbocycles. The summed E-state index contributed by atoms with van der Waals surface area (Å²) in [6.45, 7) is 0.904. The van der Waals surface area contributed by atoms with E-state index in [1.807, 2.05) is 14.1 Å². The van der Waals surface area contributed by atoms with Crippen LogP contribution < -0.4 is 4.90 Å². The molecule has 1 unspecified atom stereocenters.